The highest BCUT2D eigenvalue weighted by atomic mass is 16.5. The summed E-state index contributed by atoms with van der Waals surface area (Å²) in [5, 5.41) is 6.95. The van der Waals surface area contributed by atoms with Crippen LogP contribution in [0.2, 0.25) is 0 Å². The van der Waals surface area contributed by atoms with Crippen molar-refractivity contribution in [3.05, 3.63) is 18.0 Å². The smallest absolute Gasteiger partial charge is 0.271 e. The molecule has 7 heteroatoms. The van der Waals surface area contributed by atoms with Gasteiger partial charge in [0.05, 0.1) is 18.1 Å². The minimum Gasteiger partial charge on any atom is -0.384 e. The lowest BCUT2D eigenvalue weighted by Crippen LogP contribution is -2.53. The number of ether oxygens (including phenoxy) is 1. The van der Waals surface area contributed by atoms with E-state index in [0.29, 0.717) is 18.8 Å². The Morgan fingerprint density at radius 2 is 2.21 bits per heavy atom. The Morgan fingerprint density at radius 1 is 1.42 bits per heavy atom. The summed E-state index contributed by atoms with van der Waals surface area (Å²) in [5.41, 5.74) is 0.101. The first kappa shape index (κ1) is 17.0. The Morgan fingerprint density at radius 3 is 2.83 bits per heavy atom. The Hall–Kier alpha value is -1.89. The fourth-order valence-corrected chi connectivity index (χ4v) is 3.78. The number of hydrogen-bond acceptors (Lipinski definition) is 4. The van der Waals surface area contributed by atoms with Crippen molar-refractivity contribution < 1.29 is 14.3 Å². The molecule has 1 aliphatic heterocycles. The largest absolute Gasteiger partial charge is 0.384 e. The highest BCUT2D eigenvalue weighted by Crippen LogP contribution is 2.43. The zero-order valence-corrected chi connectivity index (χ0v) is 14.5. The van der Waals surface area contributed by atoms with Crippen molar-refractivity contribution >= 4 is 11.8 Å². The summed E-state index contributed by atoms with van der Waals surface area (Å²) in [5.74, 6) is 0.0324. The molecule has 24 heavy (non-hydrogen) atoms. The first-order chi connectivity index (χ1) is 11.6. The van der Waals surface area contributed by atoms with Gasteiger partial charge in [-0.25, -0.2) is 0 Å². The fourth-order valence-electron chi connectivity index (χ4n) is 3.78. The van der Waals surface area contributed by atoms with Gasteiger partial charge in [-0.3, -0.25) is 14.3 Å². The molecule has 1 saturated carbocycles. The van der Waals surface area contributed by atoms with Gasteiger partial charge in [-0.15, -0.1) is 0 Å². The van der Waals surface area contributed by atoms with Crippen LogP contribution in [0.25, 0.3) is 0 Å². The van der Waals surface area contributed by atoms with E-state index in [1.54, 1.807) is 20.2 Å². The van der Waals surface area contributed by atoms with Crippen molar-refractivity contribution in [3.63, 3.8) is 0 Å². The molecule has 0 aromatic carbocycles. The van der Waals surface area contributed by atoms with Gasteiger partial charge in [0.2, 0.25) is 5.91 Å². The molecule has 1 saturated heterocycles. The number of methoxy groups -OCH3 is 1. The number of nitrogens with one attached hydrogen (secondary N) is 1. The Kier molecular flexibility index (Phi) is 4.89. The predicted molar refractivity (Wildman–Crippen MR) is 88.6 cm³/mol. The van der Waals surface area contributed by atoms with Crippen LogP contribution in [0.3, 0.4) is 0 Å². The molecule has 3 rings (SSSR count). The number of aromatic nitrogens is 2. The SMILES string of the molecule is CNC(=O)c1ccn(C2CCCN(C(=O)C3(COC)CCC3)C2)n1. The molecule has 2 aliphatic rings. The standard InChI is InChI=1S/C17H26N4O3/c1-18-15(22)14-6-10-21(19-14)13-5-3-9-20(11-13)16(23)17(12-24-2)7-4-8-17/h6,10,13H,3-5,7-9,11-12H2,1-2H3,(H,18,22). The zero-order valence-electron chi connectivity index (χ0n) is 14.5. The van der Waals surface area contributed by atoms with Gasteiger partial charge in [-0.1, -0.05) is 6.42 Å². The molecular formula is C17H26N4O3. The van der Waals surface area contributed by atoms with E-state index >= 15 is 0 Å². The third-order valence-corrected chi connectivity index (χ3v) is 5.31. The maximum atomic E-state index is 13.0. The van der Waals surface area contributed by atoms with Gasteiger partial charge in [0.15, 0.2) is 0 Å². The molecule has 1 N–H and O–H groups in total. The van der Waals surface area contributed by atoms with E-state index in [2.05, 4.69) is 10.4 Å². The number of rotatable bonds is 5. The number of amides is 2. The van der Waals surface area contributed by atoms with Crippen LogP contribution in [-0.2, 0) is 9.53 Å². The van der Waals surface area contributed by atoms with Gasteiger partial charge >= 0.3 is 0 Å². The molecule has 2 fully saturated rings. The van der Waals surface area contributed by atoms with E-state index in [1.165, 1.54) is 0 Å². The summed E-state index contributed by atoms with van der Waals surface area (Å²) in [4.78, 5) is 26.6. The summed E-state index contributed by atoms with van der Waals surface area (Å²) >= 11 is 0. The van der Waals surface area contributed by atoms with Crippen LogP contribution in [0.15, 0.2) is 12.3 Å². The Labute approximate surface area is 142 Å². The molecule has 1 atom stereocenters. The van der Waals surface area contributed by atoms with Crippen LogP contribution in [0.1, 0.15) is 48.6 Å². The van der Waals surface area contributed by atoms with Gasteiger partial charge in [-0.05, 0) is 31.7 Å². The van der Waals surface area contributed by atoms with Crippen LogP contribution in [0.4, 0.5) is 0 Å². The number of likely N-dealkylation sites (tertiary alicyclic amines) is 1. The van der Waals surface area contributed by atoms with Crippen LogP contribution in [0.5, 0.6) is 0 Å². The average molecular weight is 334 g/mol. The van der Waals surface area contributed by atoms with Crippen LogP contribution in [0, 0.1) is 5.41 Å². The molecular weight excluding hydrogens is 308 g/mol. The highest BCUT2D eigenvalue weighted by Gasteiger charge is 2.47. The van der Waals surface area contributed by atoms with E-state index in [9.17, 15) is 9.59 Å². The maximum Gasteiger partial charge on any atom is 0.271 e. The van der Waals surface area contributed by atoms with E-state index in [-0.39, 0.29) is 23.3 Å². The molecule has 7 nitrogen and oxygen atoms in total. The minimum absolute atomic E-state index is 0.126. The molecule has 1 unspecified atom stereocenters. The first-order valence-electron chi connectivity index (χ1n) is 8.65. The lowest BCUT2D eigenvalue weighted by atomic mass is 9.68. The van der Waals surface area contributed by atoms with Crippen molar-refractivity contribution in [2.24, 2.45) is 5.41 Å². The highest BCUT2D eigenvalue weighted by molar-refractivity contribution is 5.91. The number of piperidine rings is 1. The normalized spacial score (nSPS) is 22.8. The van der Waals surface area contributed by atoms with Crippen molar-refractivity contribution in [2.45, 2.75) is 38.1 Å². The predicted octanol–water partition coefficient (Wildman–Crippen LogP) is 1.22. The van der Waals surface area contributed by atoms with Crippen LogP contribution < -0.4 is 5.32 Å². The number of nitrogens with zero attached hydrogens (tertiary/aromatic N) is 3. The maximum absolute atomic E-state index is 13.0. The van der Waals surface area contributed by atoms with E-state index < -0.39 is 0 Å². The second-order valence-electron chi connectivity index (χ2n) is 6.87. The van der Waals surface area contributed by atoms with Gasteiger partial charge in [-0.2, -0.15) is 5.10 Å². The van der Waals surface area contributed by atoms with Crippen molar-refractivity contribution in [1.82, 2.24) is 20.0 Å². The molecule has 132 valence electrons. The van der Waals surface area contributed by atoms with Gasteiger partial charge in [0.1, 0.15) is 5.69 Å². The topological polar surface area (TPSA) is 76.5 Å². The third-order valence-electron chi connectivity index (χ3n) is 5.31. The molecule has 0 spiro atoms. The minimum atomic E-state index is -0.311. The number of carbonyl (C=O) groups excluding carboxylic acids is 2. The van der Waals surface area contributed by atoms with Crippen molar-refractivity contribution in [1.29, 1.82) is 0 Å². The molecule has 0 bridgehead atoms. The van der Waals surface area contributed by atoms with E-state index in [0.717, 1.165) is 38.6 Å². The molecule has 1 aliphatic carbocycles. The van der Waals surface area contributed by atoms with Gasteiger partial charge in [0.25, 0.3) is 5.91 Å². The molecule has 1 aromatic rings. The van der Waals surface area contributed by atoms with Crippen molar-refractivity contribution in [3.8, 4) is 0 Å². The second-order valence-corrected chi connectivity index (χ2v) is 6.87. The molecule has 2 amide bonds. The Balaban J connectivity index is 1.69. The molecule has 1 aromatic heterocycles. The van der Waals surface area contributed by atoms with E-state index in [4.69, 9.17) is 4.74 Å². The lowest BCUT2D eigenvalue weighted by Gasteiger charge is -2.45. The third kappa shape index (κ3) is 3.05. The van der Waals surface area contributed by atoms with Crippen LogP contribution in [-0.4, -0.2) is 60.3 Å². The summed E-state index contributed by atoms with van der Waals surface area (Å²) < 4.78 is 7.13. The summed E-state index contributed by atoms with van der Waals surface area (Å²) in [6.45, 7) is 1.96. The second kappa shape index (κ2) is 6.93. The quantitative estimate of drug-likeness (QED) is 0.878. The monoisotopic (exact) mass is 334 g/mol. The van der Waals surface area contributed by atoms with Crippen LogP contribution >= 0.6 is 0 Å². The number of hydrogen-bond donors (Lipinski definition) is 1. The fraction of sp³-hybridized carbons (Fsp3) is 0.706. The number of carbonyl (C=O) groups is 2. The van der Waals surface area contributed by atoms with Gasteiger partial charge < -0.3 is 15.0 Å². The summed E-state index contributed by atoms with van der Waals surface area (Å²) in [7, 11) is 3.26. The lowest BCUT2D eigenvalue weighted by molar-refractivity contribution is -0.154. The molecule has 2 heterocycles. The summed E-state index contributed by atoms with van der Waals surface area (Å²) in [6, 6.07) is 1.85. The summed E-state index contributed by atoms with van der Waals surface area (Å²) in [6.07, 6.45) is 6.69. The average Bonchev–Trinajstić information content (AvgIpc) is 3.07. The van der Waals surface area contributed by atoms with E-state index in [1.807, 2.05) is 15.8 Å². The van der Waals surface area contributed by atoms with Gasteiger partial charge in [0, 0.05) is 33.4 Å². The first-order valence-corrected chi connectivity index (χ1v) is 8.65. The van der Waals surface area contributed by atoms with Crippen molar-refractivity contribution in [2.75, 3.05) is 33.9 Å². The molecule has 0 radical (unpaired) electrons. The zero-order chi connectivity index (χ0) is 17.2. The Bertz CT molecular complexity index is 609.